The molecule has 0 aliphatic heterocycles. The molecule has 3 rings (SSSR count). The molecule has 1 unspecified atom stereocenters. The molecule has 5 heteroatoms. The Morgan fingerprint density at radius 1 is 1.28 bits per heavy atom. The van der Waals surface area contributed by atoms with E-state index in [0.717, 1.165) is 16.6 Å². The van der Waals surface area contributed by atoms with Gasteiger partial charge >= 0.3 is 0 Å². The number of anilines is 1. The number of pyridine rings is 1. The van der Waals surface area contributed by atoms with E-state index >= 15 is 0 Å². The molecule has 2 N–H and O–H groups in total. The molecule has 1 aromatic carbocycles. The van der Waals surface area contributed by atoms with E-state index in [-0.39, 0.29) is 11.9 Å². The number of carbonyl (C=O) groups is 1. The molecule has 0 aliphatic carbocycles. The Kier molecular flexibility index (Phi) is 4.57. The van der Waals surface area contributed by atoms with Crippen molar-refractivity contribution in [1.82, 2.24) is 14.5 Å². The fourth-order valence-corrected chi connectivity index (χ4v) is 2.91. The van der Waals surface area contributed by atoms with Crippen LogP contribution < -0.4 is 5.73 Å². The standard InChI is InChI=1S/C20H22N4O/c1-14(17-13-23(2)18-7-5-4-6-16(17)18)24(3)20(25)11-9-15-8-10-19(21)22-12-15/h4-14H,1-3H3,(H2,21,22)/b11-9+. The molecule has 2 heterocycles. The summed E-state index contributed by atoms with van der Waals surface area (Å²) in [5, 5.41) is 1.17. The van der Waals surface area contributed by atoms with Crippen molar-refractivity contribution in [3.63, 3.8) is 0 Å². The Morgan fingerprint density at radius 3 is 2.76 bits per heavy atom. The van der Waals surface area contributed by atoms with Crippen molar-refractivity contribution in [2.75, 3.05) is 12.8 Å². The molecule has 25 heavy (non-hydrogen) atoms. The Balaban J connectivity index is 1.80. The number of benzene rings is 1. The summed E-state index contributed by atoms with van der Waals surface area (Å²) in [6.45, 7) is 2.04. The second-order valence-corrected chi connectivity index (χ2v) is 6.19. The van der Waals surface area contributed by atoms with Crippen molar-refractivity contribution in [3.8, 4) is 0 Å². The predicted octanol–water partition coefficient (Wildman–Crippen LogP) is 3.39. The molecule has 0 radical (unpaired) electrons. The van der Waals surface area contributed by atoms with E-state index in [9.17, 15) is 4.79 Å². The van der Waals surface area contributed by atoms with Crippen molar-refractivity contribution < 1.29 is 4.79 Å². The van der Waals surface area contributed by atoms with Gasteiger partial charge in [-0.15, -0.1) is 0 Å². The molecule has 3 aromatic rings. The van der Waals surface area contributed by atoms with Gasteiger partial charge in [-0.2, -0.15) is 0 Å². The molecule has 1 atom stereocenters. The maximum atomic E-state index is 12.5. The van der Waals surface area contributed by atoms with Gasteiger partial charge in [-0.3, -0.25) is 4.79 Å². The lowest BCUT2D eigenvalue weighted by Crippen LogP contribution is -2.27. The number of amides is 1. The highest BCUT2D eigenvalue weighted by Gasteiger charge is 2.19. The predicted molar refractivity (Wildman–Crippen MR) is 102 cm³/mol. The first-order valence-electron chi connectivity index (χ1n) is 8.17. The summed E-state index contributed by atoms with van der Waals surface area (Å²) in [5.74, 6) is 0.405. The van der Waals surface area contributed by atoms with Crippen LogP contribution in [0.3, 0.4) is 0 Å². The maximum Gasteiger partial charge on any atom is 0.246 e. The second kappa shape index (κ2) is 6.81. The Bertz CT molecular complexity index is 925. The zero-order chi connectivity index (χ0) is 18.0. The van der Waals surface area contributed by atoms with Gasteiger partial charge in [0, 0.05) is 43.5 Å². The Labute approximate surface area is 147 Å². The molecule has 0 saturated carbocycles. The fourth-order valence-electron chi connectivity index (χ4n) is 2.91. The molecule has 0 saturated heterocycles. The van der Waals surface area contributed by atoms with E-state index in [1.165, 1.54) is 5.39 Å². The Hall–Kier alpha value is -3.08. The van der Waals surface area contributed by atoms with E-state index in [2.05, 4.69) is 27.9 Å². The van der Waals surface area contributed by atoms with Gasteiger partial charge < -0.3 is 15.2 Å². The molecule has 1 amide bonds. The summed E-state index contributed by atoms with van der Waals surface area (Å²) in [6, 6.07) is 11.7. The van der Waals surface area contributed by atoms with E-state index in [1.54, 1.807) is 29.3 Å². The minimum absolute atomic E-state index is 0.0345. The molecule has 0 bridgehead atoms. The molecular formula is C20H22N4O. The van der Waals surface area contributed by atoms with Crippen molar-refractivity contribution in [1.29, 1.82) is 0 Å². The number of aryl methyl sites for hydroxylation is 1. The number of rotatable bonds is 4. The first-order valence-corrected chi connectivity index (χ1v) is 8.17. The molecule has 0 aliphatic rings. The summed E-state index contributed by atoms with van der Waals surface area (Å²) in [6.07, 6.45) is 7.05. The third-order valence-electron chi connectivity index (χ3n) is 4.53. The second-order valence-electron chi connectivity index (χ2n) is 6.19. The summed E-state index contributed by atoms with van der Waals surface area (Å²) in [7, 11) is 3.84. The highest BCUT2D eigenvalue weighted by atomic mass is 16.2. The van der Waals surface area contributed by atoms with Gasteiger partial charge in [0.1, 0.15) is 5.82 Å². The van der Waals surface area contributed by atoms with E-state index in [1.807, 2.05) is 39.2 Å². The number of para-hydroxylation sites is 1. The van der Waals surface area contributed by atoms with Crippen LogP contribution >= 0.6 is 0 Å². The maximum absolute atomic E-state index is 12.5. The minimum Gasteiger partial charge on any atom is -0.384 e. The zero-order valence-corrected chi connectivity index (χ0v) is 14.7. The van der Waals surface area contributed by atoms with Crippen LogP contribution in [0.15, 0.2) is 54.9 Å². The molecule has 128 valence electrons. The van der Waals surface area contributed by atoms with Crippen molar-refractivity contribution in [2.24, 2.45) is 7.05 Å². The number of hydrogen-bond donors (Lipinski definition) is 1. The minimum atomic E-state index is -0.0581. The van der Waals surface area contributed by atoms with Gasteiger partial charge in [0.2, 0.25) is 5.91 Å². The summed E-state index contributed by atoms with van der Waals surface area (Å²) < 4.78 is 2.09. The van der Waals surface area contributed by atoms with Gasteiger partial charge in [-0.05, 0) is 42.3 Å². The van der Waals surface area contributed by atoms with Crippen molar-refractivity contribution >= 4 is 28.7 Å². The van der Waals surface area contributed by atoms with E-state index in [4.69, 9.17) is 5.73 Å². The number of aromatic nitrogens is 2. The number of likely N-dealkylation sites (N-methyl/N-ethyl adjacent to an activating group) is 1. The smallest absolute Gasteiger partial charge is 0.246 e. The number of hydrogen-bond acceptors (Lipinski definition) is 3. The normalized spacial score (nSPS) is 12.6. The van der Waals surface area contributed by atoms with Crippen LogP contribution in [0.1, 0.15) is 24.1 Å². The zero-order valence-electron chi connectivity index (χ0n) is 14.7. The summed E-state index contributed by atoms with van der Waals surface area (Å²) in [4.78, 5) is 18.3. The van der Waals surface area contributed by atoms with Crippen molar-refractivity contribution in [3.05, 3.63) is 66.0 Å². The van der Waals surface area contributed by atoms with Crippen LogP contribution in [0.25, 0.3) is 17.0 Å². The quantitative estimate of drug-likeness (QED) is 0.744. The van der Waals surface area contributed by atoms with Crippen LogP contribution in [0.5, 0.6) is 0 Å². The topological polar surface area (TPSA) is 64.2 Å². The van der Waals surface area contributed by atoms with Crippen LogP contribution in [0, 0.1) is 0 Å². The van der Waals surface area contributed by atoms with Crippen LogP contribution in [0.2, 0.25) is 0 Å². The first kappa shape index (κ1) is 16.8. The van der Waals surface area contributed by atoms with Gasteiger partial charge in [-0.1, -0.05) is 18.2 Å². The average molecular weight is 334 g/mol. The lowest BCUT2D eigenvalue weighted by atomic mass is 10.1. The van der Waals surface area contributed by atoms with Crippen LogP contribution in [-0.2, 0) is 11.8 Å². The van der Waals surface area contributed by atoms with Crippen LogP contribution in [0.4, 0.5) is 5.82 Å². The van der Waals surface area contributed by atoms with Gasteiger partial charge in [-0.25, -0.2) is 4.98 Å². The average Bonchev–Trinajstić information content (AvgIpc) is 2.97. The van der Waals surface area contributed by atoms with Gasteiger partial charge in [0.05, 0.1) is 6.04 Å². The van der Waals surface area contributed by atoms with Crippen LogP contribution in [-0.4, -0.2) is 27.4 Å². The molecule has 0 spiro atoms. The van der Waals surface area contributed by atoms with E-state index < -0.39 is 0 Å². The summed E-state index contributed by atoms with van der Waals surface area (Å²) in [5.41, 5.74) is 8.71. The summed E-state index contributed by atoms with van der Waals surface area (Å²) >= 11 is 0. The molecule has 5 nitrogen and oxygen atoms in total. The molecule has 0 fully saturated rings. The largest absolute Gasteiger partial charge is 0.384 e. The third-order valence-corrected chi connectivity index (χ3v) is 4.53. The van der Waals surface area contributed by atoms with Crippen molar-refractivity contribution in [2.45, 2.75) is 13.0 Å². The number of fused-ring (bicyclic) bond motifs is 1. The number of nitrogens with zero attached hydrogens (tertiary/aromatic N) is 3. The molecule has 2 aromatic heterocycles. The van der Waals surface area contributed by atoms with Gasteiger partial charge in [0.15, 0.2) is 0 Å². The first-order chi connectivity index (χ1) is 12.0. The third kappa shape index (κ3) is 3.40. The number of nitrogens with two attached hydrogens (primary N) is 1. The monoisotopic (exact) mass is 334 g/mol. The molecular weight excluding hydrogens is 312 g/mol. The Morgan fingerprint density at radius 2 is 2.04 bits per heavy atom. The number of carbonyl (C=O) groups excluding carboxylic acids is 1. The number of nitrogen functional groups attached to an aromatic ring is 1. The highest BCUT2D eigenvalue weighted by molar-refractivity contribution is 5.92. The SMILES string of the molecule is CC(c1cn(C)c2ccccc12)N(C)C(=O)/C=C/c1ccc(N)nc1. The van der Waals surface area contributed by atoms with Gasteiger partial charge in [0.25, 0.3) is 0 Å². The highest BCUT2D eigenvalue weighted by Crippen LogP contribution is 2.28. The van der Waals surface area contributed by atoms with E-state index in [0.29, 0.717) is 5.82 Å². The lowest BCUT2D eigenvalue weighted by Gasteiger charge is -2.23. The lowest BCUT2D eigenvalue weighted by molar-refractivity contribution is -0.126. The fraction of sp³-hybridized carbons (Fsp3) is 0.200.